The van der Waals surface area contributed by atoms with Crippen molar-refractivity contribution in [1.82, 2.24) is 4.98 Å². The van der Waals surface area contributed by atoms with Gasteiger partial charge >= 0.3 is 0 Å². The van der Waals surface area contributed by atoms with E-state index >= 15 is 0 Å². The zero-order valence-electron chi connectivity index (χ0n) is 13.7. The summed E-state index contributed by atoms with van der Waals surface area (Å²) in [6.07, 6.45) is 2.30. The first kappa shape index (κ1) is 15.9. The first-order valence-electron chi connectivity index (χ1n) is 8.35. The molecule has 0 spiro atoms. The predicted octanol–water partition coefficient (Wildman–Crippen LogP) is 2.24. The Morgan fingerprint density at radius 2 is 2.12 bits per heavy atom. The van der Waals surface area contributed by atoms with Gasteiger partial charge in [0, 0.05) is 39.9 Å². The maximum atomic E-state index is 6.84. The molecular formula is C17H20N7S+. The summed E-state index contributed by atoms with van der Waals surface area (Å²) in [5.41, 5.74) is 14.3. The van der Waals surface area contributed by atoms with E-state index in [0.29, 0.717) is 6.04 Å². The predicted molar refractivity (Wildman–Crippen MR) is 101 cm³/mol. The van der Waals surface area contributed by atoms with Gasteiger partial charge in [0.2, 0.25) is 0 Å². The second-order valence-corrected chi connectivity index (χ2v) is 7.14. The molecule has 3 aromatic rings. The highest BCUT2D eigenvalue weighted by Crippen LogP contribution is 2.34. The number of amidine groups is 1. The van der Waals surface area contributed by atoms with Gasteiger partial charge in [0.1, 0.15) is 5.82 Å². The number of nitrogens with one attached hydrogen (secondary N) is 2. The van der Waals surface area contributed by atoms with Gasteiger partial charge in [-0.2, -0.15) is 5.53 Å². The van der Waals surface area contributed by atoms with E-state index in [1.54, 1.807) is 11.3 Å². The van der Waals surface area contributed by atoms with E-state index in [0.717, 1.165) is 48.2 Å². The molecule has 6 N–H and O–H groups in total. The molecular weight excluding hydrogens is 334 g/mol. The minimum absolute atomic E-state index is 0.224. The molecule has 1 aliphatic heterocycles. The number of nitrogens with zero attached hydrogens (tertiary/aromatic N) is 3. The van der Waals surface area contributed by atoms with Crippen molar-refractivity contribution in [2.75, 3.05) is 18.4 Å². The van der Waals surface area contributed by atoms with Gasteiger partial charge in [-0.25, -0.2) is 4.98 Å². The molecule has 1 aliphatic rings. The summed E-state index contributed by atoms with van der Waals surface area (Å²) in [7, 11) is 0. The lowest BCUT2D eigenvalue weighted by atomic mass is 10.1. The zero-order chi connectivity index (χ0) is 17.2. The Hall–Kier alpha value is -2.58. The van der Waals surface area contributed by atoms with Crippen molar-refractivity contribution in [3.8, 4) is 0 Å². The Bertz CT molecular complexity index is 956. The molecule has 0 unspecified atom stereocenters. The Kier molecular flexibility index (Phi) is 4.29. The van der Waals surface area contributed by atoms with Crippen molar-refractivity contribution >= 4 is 44.0 Å². The van der Waals surface area contributed by atoms with Crippen LogP contribution in [0.3, 0.4) is 0 Å². The van der Waals surface area contributed by atoms with Gasteiger partial charge in [0.05, 0.1) is 18.6 Å². The van der Waals surface area contributed by atoms with Crippen LogP contribution in [0.5, 0.6) is 0 Å². The van der Waals surface area contributed by atoms with Gasteiger partial charge in [-0.3, -0.25) is 0 Å². The van der Waals surface area contributed by atoms with Crippen molar-refractivity contribution in [1.29, 1.82) is 5.53 Å². The minimum atomic E-state index is 0.224. The van der Waals surface area contributed by atoms with Crippen molar-refractivity contribution < 1.29 is 5.32 Å². The van der Waals surface area contributed by atoms with E-state index in [9.17, 15) is 0 Å². The second kappa shape index (κ2) is 6.73. The number of anilines is 1. The average Bonchev–Trinajstić information content (AvgIpc) is 3.13. The fourth-order valence-electron chi connectivity index (χ4n) is 3.35. The van der Waals surface area contributed by atoms with Crippen LogP contribution in [-0.2, 0) is 0 Å². The highest BCUT2D eigenvalue weighted by atomic mass is 32.1. The molecule has 0 saturated carbocycles. The summed E-state index contributed by atoms with van der Waals surface area (Å²) in [6, 6.07) is 8.43. The number of fused-ring (bicyclic) bond motifs is 3. The van der Waals surface area contributed by atoms with Crippen molar-refractivity contribution in [2.45, 2.75) is 18.9 Å². The molecule has 0 atom stereocenters. The Balaban J connectivity index is 1.81. The van der Waals surface area contributed by atoms with Crippen LogP contribution in [0.1, 0.15) is 18.4 Å². The van der Waals surface area contributed by atoms with Crippen LogP contribution in [0.4, 0.5) is 5.82 Å². The van der Waals surface area contributed by atoms with Gasteiger partial charge in [-0.05, 0) is 17.5 Å². The Morgan fingerprint density at radius 3 is 2.92 bits per heavy atom. The van der Waals surface area contributed by atoms with Crippen LogP contribution >= 0.6 is 11.3 Å². The number of thiophene rings is 1. The third-order valence-corrected chi connectivity index (χ3v) is 5.58. The quantitative estimate of drug-likeness (QED) is 0.249. The number of quaternary nitrogens is 1. The Labute approximate surface area is 148 Å². The fourth-order valence-corrected chi connectivity index (χ4v) is 4.28. The van der Waals surface area contributed by atoms with Crippen molar-refractivity contribution in [3.05, 3.63) is 35.2 Å². The maximum absolute atomic E-state index is 6.84. The Morgan fingerprint density at radius 1 is 1.28 bits per heavy atom. The normalized spacial score (nSPS) is 16.4. The van der Waals surface area contributed by atoms with E-state index < -0.39 is 0 Å². The number of hydrogen-bond acceptors (Lipinski definition) is 5. The maximum Gasteiger partial charge on any atom is 0.155 e. The average molecular weight is 354 g/mol. The zero-order valence-corrected chi connectivity index (χ0v) is 14.5. The number of pyridine rings is 1. The van der Waals surface area contributed by atoms with E-state index in [4.69, 9.17) is 16.2 Å². The summed E-state index contributed by atoms with van der Waals surface area (Å²) < 4.78 is 1.22. The van der Waals surface area contributed by atoms with Gasteiger partial charge in [-0.1, -0.05) is 17.4 Å². The number of rotatable bonds is 4. The lowest BCUT2D eigenvalue weighted by Crippen LogP contribution is -2.87. The monoisotopic (exact) mass is 354 g/mol. The SMILES string of the molecule is N=N/N=C(\N)c1ccc2c(c1)nc(NC1CC[NH2+]CC1)c1ccsc12. The van der Waals surface area contributed by atoms with E-state index in [2.05, 4.69) is 32.4 Å². The van der Waals surface area contributed by atoms with Crippen LogP contribution in [0, 0.1) is 5.53 Å². The summed E-state index contributed by atoms with van der Waals surface area (Å²) >= 11 is 1.72. The molecule has 25 heavy (non-hydrogen) atoms. The number of benzene rings is 1. The topological polar surface area (TPSA) is 116 Å². The number of nitrogens with two attached hydrogens (primary N) is 2. The van der Waals surface area contributed by atoms with Crippen molar-refractivity contribution in [3.63, 3.8) is 0 Å². The molecule has 2 aromatic heterocycles. The molecule has 8 heteroatoms. The minimum Gasteiger partial charge on any atom is -0.382 e. The molecule has 1 saturated heterocycles. The van der Waals surface area contributed by atoms with Gasteiger partial charge in [-0.15, -0.1) is 16.4 Å². The first-order valence-corrected chi connectivity index (χ1v) is 9.23. The van der Waals surface area contributed by atoms with E-state index in [-0.39, 0.29) is 5.84 Å². The summed E-state index contributed by atoms with van der Waals surface area (Å²) in [5.74, 6) is 1.16. The summed E-state index contributed by atoms with van der Waals surface area (Å²) in [6.45, 7) is 2.32. The smallest absolute Gasteiger partial charge is 0.155 e. The fraction of sp³-hybridized carbons (Fsp3) is 0.294. The molecule has 3 heterocycles. The van der Waals surface area contributed by atoms with Gasteiger partial charge in [0.25, 0.3) is 0 Å². The van der Waals surface area contributed by atoms with E-state index in [1.165, 1.54) is 10.1 Å². The summed E-state index contributed by atoms with van der Waals surface area (Å²) in [5, 5.41) is 17.0. The molecule has 0 bridgehead atoms. The first-order chi connectivity index (χ1) is 12.3. The van der Waals surface area contributed by atoms with Crippen LogP contribution < -0.4 is 16.4 Å². The third-order valence-electron chi connectivity index (χ3n) is 4.63. The molecule has 128 valence electrons. The third kappa shape index (κ3) is 3.06. The molecule has 0 aliphatic carbocycles. The number of aromatic nitrogens is 1. The standard InChI is InChI=1S/C17H19N7S/c18-16(23-24-19)10-1-2-12-14(9-10)22-17(13-5-8-25-15(12)13)21-11-3-6-20-7-4-11/h1-2,5,8-9,11,20H,3-4,6-7H2,(H,21,22)(H3,18,19,23)/p+1. The molecule has 1 aromatic carbocycles. The van der Waals surface area contributed by atoms with Gasteiger partial charge in [0.15, 0.2) is 5.84 Å². The highest BCUT2D eigenvalue weighted by molar-refractivity contribution is 7.18. The number of hydrogen-bond donors (Lipinski definition) is 4. The van der Waals surface area contributed by atoms with Crippen LogP contribution in [0.25, 0.3) is 21.0 Å². The van der Waals surface area contributed by atoms with Crippen molar-refractivity contribution in [2.24, 2.45) is 16.1 Å². The van der Waals surface area contributed by atoms with Crippen LogP contribution in [0.15, 0.2) is 40.0 Å². The molecule has 1 fully saturated rings. The largest absolute Gasteiger partial charge is 0.382 e. The molecule has 0 amide bonds. The molecule has 0 radical (unpaired) electrons. The molecule has 7 nitrogen and oxygen atoms in total. The number of piperidine rings is 1. The lowest BCUT2D eigenvalue weighted by Gasteiger charge is -2.22. The van der Waals surface area contributed by atoms with Crippen LogP contribution in [-0.4, -0.2) is 30.0 Å². The summed E-state index contributed by atoms with van der Waals surface area (Å²) in [4.78, 5) is 4.87. The highest BCUT2D eigenvalue weighted by Gasteiger charge is 2.18. The second-order valence-electron chi connectivity index (χ2n) is 6.23. The molecule has 4 rings (SSSR count). The lowest BCUT2D eigenvalue weighted by molar-refractivity contribution is -0.662. The van der Waals surface area contributed by atoms with E-state index in [1.807, 2.05) is 18.2 Å². The van der Waals surface area contributed by atoms with Crippen LogP contribution in [0.2, 0.25) is 0 Å². The van der Waals surface area contributed by atoms with Gasteiger partial charge < -0.3 is 16.4 Å².